The molecule has 0 unspecified atom stereocenters. The van der Waals surface area contributed by atoms with Crippen molar-refractivity contribution in [3.8, 4) is 0 Å². The number of aliphatic hydroxyl groups is 1. The Bertz CT molecular complexity index is 652. The molecule has 1 aliphatic rings. The minimum Gasteiger partial charge on any atom is -0.480 e. The molecule has 1 aliphatic carbocycles. The minimum absolute atomic E-state index is 0.0242. The molecule has 25 heavy (non-hydrogen) atoms. The molecule has 3 N–H and O–H groups in total. The second-order valence-electron chi connectivity index (χ2n) is 5.95. The van der Waals surface area contributed by atoms with Crippen molar-refractivity contribution in [2.45, 2.75) is 43.4 Å². The van der Waals surface area contributed by atoms with Crippen molar-refractivity contribution in [3.63, 3.8) is 0 Å². The molecule has 7 nitrogen and oxygen atoms in total. The van der Waals surface area contributed by atoms with Crippen LogP contribution in [0.4, 0.5) is 0 Å². The fraction of sp³-hybridized carbons (Fsp3) is 0.471. The van der Waals surface area contributed by atoms with Crippen LogP contribution in [0.3, 0.4) is 0 Å². The zero-order chi connectivity index (χ0) is 18.4. The van der Waals surface area contributed by atoms with E-state index < -0.39 is 29.4 Å². The summed E-state index contributed by atoms with van der Waals surface area (Å²) in [5, 5.41) is 22.7. The largest absolute Gasteiger partial charge is 0.480 e. The number of carbonyl (C=O) groups excluding carboxylic acids is 2. The van der Waals surface area contributed by atoms with Gasteiger partial charge in [-0.25, -0.2) is 0 Å². The number of carboxylic acid groups (broad SMARTS) is 1. The number of halogens is 1. The molecule has 3 atom stereocenters. The van der Waals surface area contributed by atoms with E-state index in [2.05, 4.69) is 10.1 Å². The molecule has 0 spiro atoms. The van der Waals surface area contributed by atoms with Crippen LogP contribution in [0, 0.1) is 0 Å². The number of nitrogens with one attached hydrogen (secondary N) is 1. The van der Waals surface area contributed by atoms with Crippen molar-refractivity contribution in [3.05, 3.63) is 34.9 Å². The summed E-state index contributed by atoms with van der Waals surface area (Å²) in [6.45, 7) is 0.126. The molecule has 1 fully saturated rings. The van der Waals surface area contributed by atoms with E-state index in [0.717, 1.165) is 0 Å². The summed E-state index contributed by atoms with van der Waals surface area (Å²) in [7, 11) is 0. The minimum atomic E-state index is -1.40. The number of aliphatic carboxylic acids is 1. The zero-order valence-corrected chi connectivity index (χ0v) is 14.2. The molecule has 2 rings (SSSR count). The van der Waals surface area contributed by atoms with Gasteiger partial charge < -0.3 is 14.9 Å². The highest BCUT2D eigenvalue weighted by molar-refractivity contribution is 6.31. The lowest BCUT2D eigenvalue weighted by atomic mass is 9.73. The number of hydrogen-bond acceptors (Lipinski definition) is 6. The number of ether oxygens (including phenoxy) is 1. The monoisotopic (exact) mass is 369 g/mol. The molecule has 0 heterocycles. The Balaban J connectivity index is 2.41. The van der Waals surface area contributed by atoms with Crippen LogP contribution in [0.15, 0.2) is 24.3 Å². The molecule has 0 amide bonds. The molecule has 1 aromatic carbocycles. The average Bonchev–Trinajstić information content (AvgIpc) is 2.58. The van der Waals surface area contributed by atoms with Gasteiger partial charge in [-0.1, -0.05) is 29.8 Å². The van der Waals surface area contributed by atoms with Crippen molar-refractivity contribution in [1.82, 2.24) is 5.32 Å². The van der Waals surface area contributed by atoms with Gasteiger partial charge in [-0.15, -0.1) is 0 Å². The van der Waals surface area contributed by atoms with Crippen LogP contribution in [0.5, 0.6) is 0 Å². The van der Waals surface area contributed by atoms with Crippen molar-refractivity contribution < 1.29 is 29.3 Å². The number of carboxylic acids is 1. The van der Waals surface area contributed by atoms with Gasteiger partial charge in [-0.2, -0.15) is 0 Å². The maximum Gasteiger partial charge on any atom is 0.320 e. The predicted octanol–water partition coefficient (Wildman–Crippen LogP) is 1.26. The molecular formula is C17H20ClNO6. The Hall–Kier alpha value is -1.96. The van der Waals surface area contributed by atoms with Gasteiger partial charge in [0.05, 0.1) is 6.61 Å². The van der Waals surface area contributed by atoms with Crippen LogP contribution in [-0.4, -0.2) is 47.2 Å². The fourth-order valence-corrected chi connectivity index (χ4v) is 3.48. The van der Waals surface area contributed by atoms with Gasteiger partial charge in [0, 0.05) is 11.4 Å². The Morgan fingerprint density at radius 3 is 2.84 bits per heavy atom. The molecule has 8 heteroatoms. The van der Waals surface area contributed by atoms with E-state index in [0.29, 0.717) is 29.8 Å². The molecule has 136 valence electrons. The van der Waals surface area contributed by atoms with Crippen molar-refractivity contribution >= 4 is 29.8 Å². The number of hydrogen-bond donors (Lipinski definition) is 3. The van der Waals surface area contributed by atoms with Gasteiger partial charge >= 0.3 is 5.97 Å². The first-order valence-electron chi connectivity index (χ1n) is 7.95. The summed E-state index contributed by atoms with van der Waals surface area (Å²) in [4.78, 5) is 34.7. The van der Waals surface area contributed by atoms with E-state index >= 15 is 0 Å². The SMILES string of the molecule is O=COCC[C@H](N[C@]1(c2ccccc2Cl)CCC[C@H](O)C1=O)C(=O)O. The molecular weight excluding hydrogens is 350 g/mol. The zero-order valence-electron chi connectivity index (χ0n) is 13.5. The van der Waals surface area contributed by atoms with E-state index in [9.17, 15) is 24.6 Å². The summed E-state index contributed by atoms with van der Waals surface area (Å²) in [5.41, 5.74) is -0.969. The Morgan fingerprint density at radius 1 is 1.48 bits per heavy atom. The molecule has 0 bridgehead atoms. The Labute approximate surface area is 149 Å². The lowest BCUT2D eigenvalue weighted by Gasteiger charge is -2.41. The lowest BCUT2D eigenvalue weighted by Crippen LogP contribution is -2.60. The van der Waals surface area contributed by atoms with Crippen LogP contribution in [0.2, 0.25) is 5.02 Å². The van der Waals surface area contributed by atoms with Gasteiger partial charge in [0.25, 0.3) is 6.47 Å². The number of ketones is 1. The topological polar surface area (TPSA) is 113 Å². The molecule has 0 aliphatic heterocycles. The quantitative estimate of drug-likeness (QED) is 0.467. The highest BCUT2D eigenvalue weighted by Gasteiger charge is 2.48. The van der Waals surface area contributed by atoms with E-state index in [1.54, 1.807) is 24.3 Å². The van der Waals surface area contributed by atoms with Gasteiger partial charge in [-0.3, -0.25) is 19.7 Å². The summed E-state index contributed by atoms with van der Waals surface area (Å²) in [5.74, 6) is -1.69. The second kappa shape index (κ2) is 8.42. The van der Waals surface area contributed by atoms with Gasteiger partial charge in [0.2, 0.25) is 0 Å². The molecule has 0 aromatic heterocycles. The van der Waals surface area contributed by atoms with Crippen LogP contribution < -0.4 is 5.32 Å². The maximum absolute atomic E-state index is 12.8. The number of carbonyl (C=O) groups is 3. The summed E-state index contributed by atoms with van der Waals surface area (Å²) in [6.07, 6.45) is -0.0616. The number of rotatable bonds is 8. The van der Waals surface area contributed by atoms with Crippen LogP contribution in [0.1, 0.15) is 31.2 Å². The Kier molecular flexibility index (Phi) is 6.52. The summed E-state index contributed by atoms with van der Waals surface area (Å²) >= 11 is 6.26. The van der Waals surface area contributed by atoms with E-state index in [-0.39, 0.29) is 19.5 Å². The number of benzene rings is 1. The summed E-state index contributed by atoms with van der Waals surface area (Å²) < 4.78 is 4.57. The van der Waals surface area contributed by atoms with Crippen molar-refractivity contribution in [2.75, 3.05) is 6.61 Å². The third-order valence-corrected chi connectivity index (χ3v) is 4.73. The average molecular weight is 370 g/mol. The predicted molar refractivity (Wildman–Crippen MR) is 89.2 cm³/mol. The first-order valence-corrected chi connectivity index (χ1v) is 8.33. The van der Waals surface area contributed by atoms with Gasteiger partial charge in [0.15, 0.2) is 5.78 Å². The van der Waals surface area contributed by atoms with Crippen molar-refractivity contribution in [2.24, 2.45) is 0 Å². The van der Waals surface area contributed by atoms with Gasteiger partial charge in [-0.05, 0) is 30.9 Å². The lowest BCUT2D eigenvalue weighted by molar-refractivity contribution is -0.145. The highest BCUT2D eigenvalue weighted by Crippen LogP contribution is 2.38. The standard InChI is InChI=1S/C17H20ClNO6/c18-12-5-2-1-4-11(12)17(8-3-6-14(21)15(17)22)19-13(16(23)24)7-9-25-10-20/h1-2,4-5,10,13-14,19,21H,3,6-9H2,(H,23,24)/t13-,14-,17-/m0/s1. The van der Waals surface area contributed by atoms with Crippen molar-refractivity contribution in [1.29, 1.82) is 0 Å². The van der Waals surface area contributed by atoms with Crippen LogP contribution in [-0.2, 0) is 24.7 Å². The van der Waals surface area contributed by atoms with E-state index in [1.165, 1.54) is 0 Å². The van der Waals surface area contributed by atoms with E-state index in [1.807, 2.05) is 0 Å². The third kappa shape index (κ3) is 4.18. The number of Topliss-reactive ketones (excluding diaryl/α,β-unsaturated/α-hetero) is 1. The van der Waals surface area contributed by atoms with Gasteiger partial charge in [0.1, 0.15) is 17.7 Å². The van der Waals surface area contributed by atoms with Crippen LogP contribution in [0.25, 0.3) is 0 Å². The van der Waals surface area contributed by atoms with E-state index in [4.69, 9.17) is 11.6 Å². The Morgan fingerprint density at radius 2 is 2.20 bits per heavy atom. The number of aliphatic hydroxyl groups excluding tert-OH is 1. The first kappa shape index (κ1) is 19.4. The molecule has 1 aromatic rings. The second-order valence-corrected chi connectivity index (χ2v) is 6.36. The first-order chi connectivity index (χ1) is 11.9. The highest BCUT2D eigenvalue weighted by atomic mass is 35.5. The van der Waals surface area contributed by atoms with Crippen LogP contribution >= 0.6 is 11.6 Å². The smallest absolute Gasteiger partial charge is 0.320 e. The maximum atomic E-state index is 12.8. The fourth-order valence-electron chi connectivity index (χ4n) is 3.18. The summed E-state index contributed by atoms with van der Waals surface area (Å²) in [6, 6.07) is 5.51. The third-order valence-electron chi connectivity index (χ3n) is 4.40. The molecule has 1 saturated carbocycles. The molecule has 0 radical (unpaired) electrons. The molecule has 0 saturated heterocycles. The normalized spacial score (nSPS) is 24.6.